The van der Waals surface area contributed by atoms with Gasteiger partial charge in [0.05, 0.1) is 0 Å². The minimum atomic E-state index is 0.500. The molecule has 1 aromatic heterocycles. The van der Waals surface area contributed by atoms with Crippen molar-refractivity contribution in [1.82, 2.24) is 10.3 Å². The van der Waals surface area contributed by atoms with Gasteiger partial charge in [-0.2, -0.15) is 0 Å². The Labute approximate surface area is 122 Å². The van der Waals surface area contributed by atoms with Crippen LogP contribution in [-0.4, -0.2) is 11.5 Å². The van der Waals surface area contributed by atoms with Crippen molar-refractivity contribution in [2.45, 2.75) is 26.5 Å². The van der Waals surface area contributed by atoms with Crippen LogP contribution >= 0.6 is 22.9 Å². The molecule has 0 saturated carbocycles. The van der Waals surface area contributed by atoms with Crippen molar-refractivity contribution in [2.75, 3.05) is 6.54 Å². The zero-order valence-electron chi connectivity index (χ0n) is 10.9. The van der Waals surface area contributed by atoms with E-state index < -0.39 is 0 Å². The average molecular weight is 297 g/mol. The Bertz CT molecular complexity index is 498. The molecule has 0 unspecified atom stereocenters. The lowest BCUT2D eigenvalue weighted by atomic mass is 10.3. The van der Waals surface area contributed by atoms with E-state index in [0.29, 0.717) is 11.6 Å². The molecule has 2 aromatic rings. The number of nitrogens with zero attached hydrogens (tertiary/aromatic N) is 1. The summed E-state index contributed by atoms with van der Waals surface area (Å²) in [5, 5.41) is 5.06. The normalized spacial score (nSPS) is 10.6. The van der Waals surface area contributed by atoms with Crippen LogP contribution < -0.4 is 10.1 Å². The van der Waals surface area contributed by atoms with E-state index in [9.17, 15) is 0 Å². The van der Waals surface area contributed by atoms with Crippen molar-refractivity contribution in [3.63, 3.8) is 0 Å². The molecular weight excluding hydrogens is 280 g/mol. The third-order valence-corrected chi connectivity index (χ3v) is 3.73. The Morgan fingerprint density at radius 2 is 2.11 bits per heavy atom. The second kappa shape index (κ2) is 7.48. The predicted molar refractivity (Wildman–Crippen MR) is 79.9 cm³/mol. The van der Waals surface area contributed by atoms with Gasteiger partial charge in [0.25, 0.3) is 0 Å². The van der Waals surface area contributed by atoms with Crippen molar-refractivity contribution in [1.29, 1.82) is 0 Å². The standard InChI is InChI=1S/C14H17ClN2OS/c1-2-7-16-8-13-9-17-14(19-13)10-18-12-5-3-11(15)4-6-12/h3-6,9,16H,2,7-8,10H2,1H3. The Morgan fingerprint density at radius 3 is 2.84 bits per heavy atom. The molecule has 0 aliphatic heterocycles. The molecule has 0 saturated heterocycles. The minimum absolute atomic E-state index is 0.500. The smallest absolute Gasteiger partial charge is 0.140 e. The molecule has 0 radical (unpaired) electrons. The minimum Gasteiger partial charge on any atom is -0.486 e. The average Bonchev–Trinajstić information content (AvgIpc) is 2.86. The quantitative estimate of drug-likeness (QED) is 0.788. The first-order valence-electron chi connectivity index (χ1n) is 6.30. The predicted octanol–water partition coefficient (Wildman–Crippen LogP) is 3.88. The number of aromatic nitrogens is 1. The lowest BCUT2D eigenvalue weighted by molar-refractivity contribution is 0.305. The highest BCUT2D eigenvalue weighted by Gasteiger charge is 2.03. The van der Waals surface area contributed by atoms with Gasteiger partial charge in [0.15, 0.2) is 0 Å². The van der Waals surface area contributed by atoms with Crippen LogP contribution in [0.2, 0.25) is 5.02 Å². The summed E-state index contributed by atoms with van der Waals surface area (Å²) in [5.41, 5.74) is 0. The Kier molecular flexibility index (Phi) is 5.63. The van der Waals surface area contributed by atoms with Gasteiger partial charge in [0, 0.05) is 22.6 Å². The molecule has 1 N–H and O–H groups in total. The maximum Gasteiger partial charge on any atom is 0.140 e. The van der Waals surface area contributed by atoms with E-state index in [-0.39, 0.29) is 0 Å². The van der Waals surface area contributed by atoms with Crippen molar-refractivity contribution < 1.29 is 4.74 Å². The molecule has 19 heavy (non-hydrogen) atoms. The summed E-state index contributed by atoms with van der Waals surface area (Å²) in [7, 11) is 0. The molecular formula is C14H17ClN2OS. The number of thiazole rings is 1. The zero-order valence-corrected chi connectivity index (χ0v) is 12.4. The van der Waals surface area contributed by atoms with Crippen LogP contribution in [-0.2, 0) is 13.2 Å². The van der Waals surface area contributed by atoms with E-state index in [2.05, 4.69) is 17.2 Å². The van der Waals surface area contributed by atoms with Crippen molar-refractivity contribution in [3.8, 4) is 5.75 Å². The summed E-state index contributed by atoms with van der Waals surface area (Å²) in [4.78, 5) is 5.59. The Balaban J connectivity index is 1.81. The summed E-state index contributed by atoms with van der Waals surface area (Å²) < 4.78 is 5.65. The molecule has 0 bridgehead atoms. The molecule has 0 spiro atoms. The molecule has 0 aliphatic rings. The monoisotopic (exact) mass is 296 g/mol. The fourth-order valence-corrected chi connectivity index (χ4v) is 2.49. The second-order valence-corrected chi connectivity index (χ2v) is 5.78. The fraction of sp³-hybridized carbons (Fsp3) is 0.357. The number of hydrogen-bond donors (Lipinski definition) is 1. The van der Waals surface area contributed by atoms with Gasteiger partial charge in [-0.25, -0.2) is 4.98 Å². The topological polar surface area (TPSA) is 34.2 Å². The highest BCUT2D eigenvalue weighted by Crippen LogP contribution is 2.19. The molecule has 3 nitrogen and oxygen atoms in total. The van der Waals surface area contributed by atoms with Crippen molar-refractivity contribution in [2.24, 2.45) is 0 Å². The highest BCUT2D eigenvalue weighted by atomic mass is 35.5. The molecule has 0 fully saturated rings. The SMILES string of the molecule is CCCNCc1cnc(COc2ccc(Cl)cc2)s1. The summed E-state index contributed by atoms with van der Waals surface area (Å²) in [6.07, 6.45) is 3.05. The molecule has 0 aliphatic carbocycles. The third kappa shape index (κ3) is 4.82. The molecule has 0 atom stereocenters. The zero-order chi connectivity index (χ0) is 13.5. The number of halogens is 1. The van der Waals surface area contributed by atoms with Gasteiger partial charge in [0.1, 0.15) is 17.4 Å². The number of benzene rings is 1. The van der Waals surface area contributed by atoms with Gasteiger partial charge in [-0.05, 0) is 37.2 Å². The molecule has 102 valence electrons. The first-order chi connectivity index (χ1) is 9.28. The van der Waals surface area contributed by atoms with Gasteiger partial charge < -0.3 is 10.1 Å². The highest BCUT2D eigenvalue weighted by molar-refractivity contribution is 7.11. The Morgan fingerprint density at radius 1 is 1.32 bits per heavy atom. The van der Waals surface area contributed by atoms with Gasteiger partial charge in [-0.1, -0.05) is 18.5 Å². The fourth-order valence-electron chi connectivity index (χ4n) is 1.56. The molecule has 5 heteroatoms. The van der Waals surface area contributed by atoms with Crippen molar-refractivity contribution >= 4 is 22.9 Å². The van der Waals surface area contributed by atoms with Crippen LogP contribution in [0.25, 0.3) is 0 Å². The first kappa shape index (κ1) is 14.3. The van der Waals surface area contributed by atoms with Crippen LogP contribution in [0, 0.1) is 0 Å². The maximum atomic E-state index is 5.82. The van der Waals surface area contributed by atoms with E-state index in [4.69, 9.17) is 16.3 Å². The Hall–Kier alpha value is -1.10. The number of ether oxygens (including phenoxy) is 1. The van der Waals surface area contributed by atoms with Crippen LogP contribution in [0.5, 0.6) is 5.75 Å². The maximum absolute atomic E-state index is 5.82. The third-order valence-electron chi connectivity index (χ3n) is 2.50. The lowest BCUT2D eigenvalue weighted by Gasteiger charge is -2.03. The van der Waals surface area contributed by atoms with Crippen LogP contribution in [0.1, 0.15) is 23.2 Å². The summed E-state index contributed by atoms with van der Waals surface area (Å²) in [6.45, 7) is 4.58. The van der Waals surface area contributed by atoms with Gasteiger partial charge in [-0.15, -0.1) is 11.3 Å². The number of nitrogens with one attached hydrogen (secondary N) is 1. The summed E-state index contributed by atoms with van der Waals surface area (Å²) in [5.74, 6) is 0.810. The van der Waals surface area contributed by atoms with E-state index in [1.807, 2.05) is 30.5 Å². The van der Waals surface area contributed by atoms with Gasteiger partial charge in [0.2, 0.25) is 0 Å². The van der Waals surface area contributed by atoms with Crippen LogP contribution in [0.15, 0.2) is 30.5 Å². The molecule has 0 amide bonds. The molecule has 2 rings (SSSR count). The van der Waals surface area contributed by atoms with Crippen LogP contribution in [0.3, 0.4) is 0 Å². The largest absolute Gasteiger partial charge is 0.486 e. The van der Waals surface area contributed by atoms with E-state index >= 15 is 0 Å². The van der Waals surface area contributed by atoms with Gasteiger partial charge >= 0.3 is 0 Å². The van der Waals surface area contributed by atoms with Gasteiger partial charge in [-0.3, -0.25) is 0 Å². The van der Waals surface area contributed by atoms with Crippen molar-refractivity contribution in [3.05, 3.63) is 45.4 Å². The van der Waals surface area contributed by atoms with E-state index in [1.165, 1.54) is 4.88 Å². The molecule has 1 aromatic carbocycles. The summed E-state index contributed by atoms with van der Waals surface area (Å²) >= 11 is 7.50. The summed E-state index contributed by atoms with van der Waals surface area (Å²) in [6, 6.07) is 7.36. The second-order valence-electron chi connectivity index (χ2n) is 4.14. The van der Waals surface area contributed by atoms with E-state index in [0.717, 1.165) is 30.3 Å². The number of hydrogen-bond acceptors (Lipinski definition) is 4. The first-order valence-corrected chi connectivity index (χ1v) is 7.50. The van der Waals surface area contributed by atoms with E-state index in [1.54, 1.807) is 11.3 Å². The molecule has 1 heterocycles. The van der Waals surface area contributed by atoms with Crippen LogP contribution in [0.4, 0.5) is 0 Å². The number of rotatable bonds is 7. The lowest BCUT2D eigenvalue weighted by Crippen LogP contribution is -2.12.